The fourth-order valence-electron chi connectivity index (χ4n) is 1.48. The summed E-state index contributed by atoms with van der Waals surface area (Å²) >= 11 is 0. The molecule has 0 saturated heterocycles. The van der Waals surface area contributed by atoms with Gasteiger partial charge in [-0.05, 0) is 30.5 Å². The fraction of sp³-hybridized carbons (Fsp3) is 0.538. The lowest BCUT2D eigenvalue weighted by Gasteiger charge is -2.12. The van der Waals surface area contributed by atoms with Crippen LogP contribution in [-0.4, -0.2) is 25.6 Å². The minimum Gasteiger partial charge on any atom is -0.468 e. The van der Waals surface area contributed by atoms with Gasteiger partial charge in [0.2, 0.25) is 0 Å². The Morgan fingerprint density at radius 2 is 2.05 bits per heavy atom. The van der Waals surface area contributed by atoms with E-state index in [1.165, 1.54) is 0 Å². The number of hydrogen-bond acceptors (Lipinski definition) is 3. The predicted molar refractivity (Wildman–Crippen MR) is 65.9 cm³/mol. The van der Waals surface area contributed by atoms with E-state index in [0.29, 0.717) is 12.2 Å². The van der Waals surface area contributed by atoms with Crippen molar-refractivity contribution in [3.05, 3.63) is 29.8 Å². The normalized spacial score (nSPS) is 13.3. The molecule has 1 unspecified atom stereocenters. The zero-order valence-corrected chi connectivity index (χ0v) is 10.7. The van der Waals surface area contributed by atoms with Crippen molar-refractivity contribution in [3.63, 3.8) is 0 Å². The Morgan fingerprint density at radius 1 is 1.32 bits per heavy atom. The van der Waals surface area contributed by atoms with Crippen molar-refractivity contribution in [1.29, 1.82) is 0 Å². The molecule has 1 rings (SSSR count). The first-order chi connectivity index (χ1) is 8.90. The van der Waals surface area contributed by atoms with Crippen LogP contribution in [-0.2, 0) is 11.2 Å². The van der Waals surface area contributed by atoms with Gasteiger partial charge >= 0.3 is 6.18 Å². The first-order valence-corrected chi connectivity index (χ1v) is 6.02. The van der Waals surface area contributed by atoms with E-state index >= 15 is 0 Å². The van der Waals surface area contributed by atoms with E-state index in [2.05, 4.69) is 4.74 Å². The van der Waals surface area contributed by atoms with Gasteiger partial charge in [0.05, 0.1) is 0 Å². The van der Waals surface area contributed by atoms with Gasteiger partial charge in [0, 0.05) is 6.04 Å². The Balaban J connectivity index is 2.40. The summed E-state index contributed by atoms with van der Waals surface area (Å²) in [6.45, 7) is 0.256. The Bertz CT molecular complexity index is 382. The van der Waals surface area contributed by atoms with Gasteiger partial charge in [-0.1, -0.05) is 19.1 Å². The smallest absolute Gasteiger partial charge is 0.411 e. The average molecular weight is 277 g/mol. The second kappa shape index (κ2) is 7.35. The van der Waals surface area contributed by atoms with E-state index in [9.17, 15) is 13.2 Å². The van der Waals surface area contributed by atoms with Crippen molar-refractivity contribution >= 4 is 0 Å². The summed E-state index contributed by atoms with van der Waals surface area (Å²) in [4.78, 5) is 0. The molecule has 2 N–H and O–H groups in total. The van der Waals surface area contributed by atoms with Gasteiger partial charge in [0.15, 0.2) is 6.79 Å². The second-order valence-corrected chi connectivity index (χ2v) is 4.25. The van der Waals surface area contributed by atoms with Crippen LogP contribution in [0.1, 0.15) is 18.9 Å². The van der Waals surface area contributed by atoms with E-state index in [-0.39, 0.29) is 6.04 Å². The van der Waals surface area contributed by atoms with E-state index in [1.807, 2.05) is 13.0 Å². The molecule has 0 aliphatic heterocycles. The molecule has 0 spiro atoms. The van der Waals surface area contributed by atoms with Gasteiger partial charge in [-0.15, -0.1) is 0 Å². The molecule has 0 bridgehead atoms. The second-order valence-electron chi connectivity index (χ2n) is 4.25. The molecule has 19 heavy (non-hydrogen) atoms. The zero-order valence-electron chi connectivity index (χ0n) is 10.7. The molecule has 0 aliphatic rings. The minimum atomic E-state index is -4.33. The lowest BCUT2D eigenvalue weighted by molar-refractivity contribution is -0.186. The molecule has 0 saturated carbocycles. The largest absolute Gasteiger partial charge is 0.468 e. The highest BCUT2D eigenvalue weighted by Gasteiger charge is 2.27. The summed E-state index contributed by atoms with van der Waals surface area (Å²) in [5.74, 6) is 0.475. The van der Waals surface area contributed by atoms with E-state index < -0.39 is 19.6 Å². The third-order valence-electron chi connectivity index (χ3n) is 2.50. The van der Waals surface area contributed by atoms with Crippen LogP contribution < -0.4 is 10.5 Å². The molecule has 0 radical (unpaired) electrons. The van der Waals surface area contributed by atoms with Crippen molar-refractivity contribution in [3.8, 4) is 5.75 Å². The first-order valence-electron chi connectivity index (χ1n) is 6.02. The summed E-state index contributed by atoms with van der Waals surface area (Å²) in [5.41, 5.74) is 6.82. The van der Waals surface area contributed by atoms with Crippen molar-refractivity contribution in [2.24, 2.45) is 5.73 Å². The molecule has 3 nitrogen and oxygen atoms in total. The topological polar surface area (TPSA) is 44.5 Å². The summed E-state index contributed by atoms with van der Waals surface area (Å²) in [6.07, 6.45) is -2.77. The number of halogens is 3. The van der Waals surface area contributed by atoms with Crippen LogP contribution >= 0.6 is 0 Å². The standard InChI is InChI=1S/C13H18F3NO2/c1-2-11(17)6-10-4-3-5-12(7-10)19-9-18-8-13(14,15)16/h3-5,7,11H,2,6,8-9,17H2,1H3. The van der Waals surface area contributed by atoms with Gasteiger partial charge in [0.25, 0.3) is 0 Å². The molecule has 0 aliphatic carbocycles. The SMILES string of the molecule is CCC(N)Cc1cccc(OCOCC(F)(F)F)c1. The molecule has 1 atom stereocenters. The Hall–Kier alpha value is -1.27. The molecule has 0 heterocycles. The lowest BCUT2D eigenvalue weighted by Crippen LogP contribution is -2.21. The number of rotatable bonds is 7. The van der Waals surface area contributed by atoms with Gasteiger partial charge in [-0.3, -0.25) is 0 Å². The molecule has 0 fully saturated rings. The highest BCUT2D eigenvalue weighted by molar-refractivity contribution is 5.28. The molecule has 0 aromatic heterocycles. The molecular weight excluding hydrogens is 259 g/mol. The third-order valence-corrected chi connectivity index (χ3v) is 2.50. The van der Waals surface area contributed by atoms with Crippen molar-refractivity contribution in [1.82, 2.24) is 0 Å². The van der Waals surface area contributed by atoms with Gasteiger partial charge < -0.3 is 15.2 Å². The quantitative estimate of drug-likeness (QED) is 0.615. The molecule has 108 valence electrons. The van der Waals surface area contributed by atoms with Crippen molar-refractivity contribution < 1.29 is 22.6 Å². The van der Waals surface area contributed by atoms with Crippen molar-refractivity contribution in [2.45, 2.75) is 32.0 Å². The molecule has 0 amide bonds. The highest BCUT2D eigenvalue weighted by atomic mass is 19.4. The third kappa shape index (κ3) is 7.03. The monoisotopic (exact) mass is 277 g/mol. The zero-order chi connectivity index (χ0) is 14.3. The van der Waals surface area contributed by atoms with E-state index in [0.717, 1.165) is 12.0 Å². The number of alkyl halides is 3. The lowest BCUT2D eigenvalue weighted by atomic mass is 10.0. The Kier molecular flexibility index (Phi) is 6.11. The fourth-order valence-corrected chi connectivity index (χ4v) is 1.48. The van der Waals surface area contributed by atoms with E-state index in [1.54, 1.807) is 18.2 Å². The van der Waals surface area contributed by atoms with Crippen LogP contribution in [0.5, 0.6) is 5.75 Å². The molecule has 1 aromatic rings. The van der Waals surface area contributed by atoms with Crippen LogP contribution in [0, 0.1) is 0 Å². The summed E-state index contributed by atoms with van der Waals surface area (Å²) in [6, 6.07) is 7.16. The summed E-state index contributed by atoms with van der Waals surface area (Å²) in [5, 5.41) is 0. The van der Waals surface area contributed by atoms with Crippen LogP contribution in [0.3, 0.4) is 0 Å². The van der Waals surface area contributed by atoms with Crippen LogP contribution in [0.2, 0.25) is 0 Å². The number of ether oxygens (including phenoxy) is 2. The number of hydrogen-bond donors (Lipinski definition) is 1. The maximum Gasteiger partial charge on any atom is 0.411 e. The summed E-state index contributed by atoms with van der Waals surface area (Å²) in [7, 11) is 0. The molecule has 1 aromatic carbocycles. The molecular formula is C13H18F3NO2. The van der Waals surface area contributed by atoms with Crippen LogP contribution in [0.4, 0.5) is 13.2 Å². The Morgan fingerprint density at radius 3 is 2.68 bits per heavy atom. The minimum absolute atomic E-state index is 0.0664. The number of nitrogens with two attached hydrogens (primary N) is 1. The first kappa shape index (κ1) is 15.8. The van der Waals surface area contributed by atoms with Gasteiger partial charge in [0.1, 0.15) is 12.4 Å². The van der Waals surface area contributed by atoms with Crippen molar-refractivity contribution in [2.75, 3.05) is 13.4 Å². The van der Waals surface area contributed by atoms with Gasteiger partial charge in [-0.25, -0.2) is 0 Å². The van der Waals surface area contributed by atoms with E-state index in [4.69, 9.17) is 10.5 Å². The highest BCUT2D eigenvalue weighted by Crippen LogP contribution is 2.17. The van der Waals surface area contributed by atoms with Crippen LogP contribution in [0.25, 0.3) is 0 Å². The Labute approximate surface area is 110 Å². The predicted octanol–water partition coefficient (Wildman–Crippen LogP) is 2.88. The molecule has 6 heteroatoms. The maximum atomic E-state index is 11.8. The van der Waals surface area contributed by atoms with Crippen LogP contribution in [0.15, 0.2) is 24.3 Å². The number of benzene rings is 1. The average Bonchev–Trinajstić information content (AvgIpc) is 2.34. The maximum absolute atomic E-state index is 11.8. The van der Waals surface area contributed by atoms with Gasteiger partial charge in [-0.2, -0.15) is 13.2 Å². The summed E-state index contributed by atoms with van der Waals surface area (Å²) < 4.78 is 45.0.